The number of aryl methyl sites for hydroxylation is 1. The minimum atomic E-state index is 0.233. The summed E-state index contributed by atoms with van der Waals surface area (Å²) in [6.45, 7) is 2.28. The van der Waals surface area contributed by atoms with Crippen molar-refractivity contribution in [2.24, 2.45) is 0 Å². The van der Waals surface area contributed by atoms with E-state index in [9.17, 15) is 4.79 Å². The van der Waals surface area contributed by atoms with Crippen LogP contribution in [-0.4, -0.2) is 23.9 Å². The first kappa shape index (κ1) is 25.0. The third-order valence-corrected chi connectivity index (χ3v) is 6.99. The van der Waals surface area contributed by atoms with Gasteiger partial charge in [0.2, 0.25) is 0 Å². The minimum Gasteiger partial charge on any atom is -0.339 e. The van der Waals surface area contributed by atoms with E-state index >= 15 is 0 Å². The molecule has 1 aliphatic rings. The standard InChI is InChI=1S/C28H47NO/c1-3-4-5-6-7-8-9-10-11-12-13-15-20-25-21-18-19-24-27(25)28(30)29(2)26-22-16-14-17-23-26/h18-19,21,24,26H,3-17,20,22-23H2,1-2H3. The zero-order valence-corrected chi connectivity index (χ0v) is 20.0. The summed E-state index contributed by atoms with van der Waals surface area (Å²) < 4.78 is 0. The van der Waals surface area contributed by atoms with Crippen LogP contribution in [-0.2, 0) is 6.42 Å². The van der Waals surface area contributed by atoms with E-state index in [-0.39, 0.29) is 5.91 Å². The molecule has 2 nitrogen and oxygen atoms in total. The van der Waals surface area contributed by atoms with Gasteiger partial charge in [-0.25, -0.2) is 0 Å². The molecule has 0 radical (unpaired) electrons. The van der Waals surface area contributed by atoms with E-state index in [0.717, 1.165) is 12.0 Å². The fraction of sp³-hybridized carbons (Fsp3) is 0.750. The molecule has 1 saturated carbocycles. The average Bonchev–Trinajstić information content (AvgIpc) is 2.79. The number of hydrogen-bond donors (Lipinski definition) is 0. The van der Waals surface area contributed by atoms with Gasteiger partial charge in [-0.2, -0.15) is 0 Å². The van der Waals surface area contributed by atoms with Crippen molar-refractivity contribution in [1.82, 2.24) is 4.90 Å². The second-order valence-corrected chi connectivity index (χ2v) is 9.50. The van der Waals surface area contributed by atoms with E-state index < -0.39 is 0 Å². The molecule has 1 aromatic rings. The van der Waals surface area contributed by atoms with Crippen molar-refractivity contribution in [3.63, 3.8) is 0 Å². The molecule has 1 aromatic carbocycles. The van der Waals surface area contributed by atoms with Gasteiger partial charge in [0.25, 0.3) is 5.91 Å². The molecule has 2 heteroatoms. The monoisotopic (exact) mass is 413 g/mol. The fourth-order valence-electron chi connectivity index (χ4n) is 4.93. The van der Waals surface area contributed by atoms with Gasteiger partial charge in [0.15, 0.2) is 0 Å². The number of nitrogens with zero attached hydrogens (tertiary/aromatic N) is 1. The summed E-state index contributed by atoms with van der Waals surface area (Å²) in [6, 6.07) is 8.75. The summed E-state index contributed by atoms with van der Waals surface area (Å²) in [5.41, 5.74) is 2.19. The molecule has 0 aliphatic heterocycles. The lowest BCUT2D eigenvalue weighted by molar-refractivity contribution is 0.0695. The van der Waals surface area contributed by atoms with Crippen LogP contribution in [0.25, 0.3) is 0 Å². The Morgan fingerprint density at radius 2 is 1.33 bits per heavy atom. The van der Waals surface area contributed by atoms with Gasteiger partial charge in [-0.05, 0) is 37.3 Å². The van der Waals surface area contributed by atoms with Gasteiger partial charge >= 0.3 is 0 Å². The third kappa shape index (κ3) is 9.23. The van der Waals surface area contributed by atoms with Gasteiger partial charge in [0.1, 0.15) is 0 Å². The maximum atomic E-state index is 13.1. The Morgan fingerprint density at radius 3 is 1.93 bits per heavy atom. The molecular formula is C28H47NO. The van der Waals surface area contributed by atoms with Crippen molar-refractivity contribution < 1.29 is 4.79 Å². The highest BCUT2D eigenvalue weighted by atomic mass is 16.2. The van der Waals surface area contributed by atoms with E-state index in [0.29, 0.717) is 6.04 Å². The lowest BCUT2D eigenvalue weighted by Crippen LogP contribution is -2.38. The smallest absolute Gasteiger partial charge is 0.254 e. The molecule has 0 N–H and O–H groups in total. The van der Waals surface area contributed by atoms with Crippen LogP contribution in [0.4, 0.5) is 0 Å². The zero-order valence-electron chi connectivity index (χ0n) is 20.0. The van der Waals surface area contributed by atoms with Crippen LogP contribution in [0.5, 0.6) is 0 Å². The number of amides is 1. The third-order valence-electron chi connectivity index (χ3n) is 6.99. The number of hydrogen-bond acceptors (Lipinski definition) is 1. The number of carbonyl (C=O) groups excluding carboxylic acids is 1. The normalized spacial score (nSPS) is 14.7. The zero-order chi connectivity index (χ0) is 21.4. The summed E-state index contributed by atoms with van der Waals surface area (Å²) in [4.78, 5) is 15.1. The number of carbonyl (C=O) groups is 1. The maximum absolute atomic E-state index is 13.1. The van der Waals surface area contributed by atoms with Crippen molar-refractivity contribution in [2.75, 3.05) is 7.05 Å². The molecule has 30 heavy (non-hydrogen) atoms. The van der Waals surface area contributed by atoms with Gasteiger partial charge in [0, 0.05) is 18.7 Å². The highest BCUT2D eigenvalue weighted by molar-refractivity contribution is 5.95. The first-order chi connectivity index (χ1) is 14.7. The first-order valence-corrected chi connectivity index (χ1v) is 13.1. The highest BCUT2D eigenvalue weighted by Crippen LogP contribution is 2.24. The second kappa shape index (κ2) is 15.5. The van der Waals surface area contributed by atoms with Crippen molar-refractivity contribution in [3.8, 4) is 0 Å². The Morgan fingerprint density at radius 1 is 0.800 bits per heavy atom. The van der Waals surface area contributed by atoms with Gasteiger partial charge in [-0.15, -0.1) is 0 Å². The van der Waals surface area contributed by atoms with E-state index in [4.69, 9.17) is 0 Å². The highest BCUT2D eigenvalue weighted by Gasteiger charge is 2.24. The van der Waals surface area contributed by atoms with E-state index in [1.165, 1.54) is 115 Å². The summed E-state index contributed by atoms with van der Waals surface area (Å²) in [7, 11) is 2.01. The summed E-state index contributed by atoms with van der Waals surface area (Å²) in [5, 5.41) is 0. The first-order valence-electron chi connectivity index (χ1n) is 13.1. The predicted molar refractivity (Wildman–Crippen MR) is 130 cm³/mol. The molecule has 0 aromatic heterocycles. The Hall–Kier alpha value is -1.31. The molecule has 0 bridgehead atoms. The largest absolute Gasteiger partial charge is 0.339 e. The van der Waals surface area contributed by atoms with Gasteiger partial charge in [0.05, 0.1) is 0 Å². The molecule has 1 aliphatic carbocycles. The van der Waals surface area contributed by atoms with Gasteiger partial charge in [-0.3, -0.25) is 4.79 Å². The lowest BCUT2D eigenvalue weighted by Gasteiger charge is -2.31. The average molecular weight is 414 g/mol. The lowest BCUT2D eigenvalue weighted by atomic mass is 9.93. The van der Waals surface area contributed by atoms with Crippen LogP contribution in [0.15, 0.2) is 24.3 Å². The summed E-state index contributed by atoms with van der Waals surface area (Å²) >= 11 is 0. The molecular weight excluding hydrogens is 366 g/mol. The van der Waals surface area contributed by atoms with Crippen molar-refractivity contribution in [3.05, 3.63) is 35.4 Å². The molecule has 170 valence electrons. The molecule has 0 spiro atoms. The van der Waals surface area contributed by atoms with Crippen molar-refractivity contribution in [1.29, 1.82) is 0 Å². The predicted octanol–water partition coefficient (Wildman–Crippen LogP) is 8.33. The summed E-state index contributed by atoms with van der Waals surface area (Å²) in [5.74, 6) is 0.233. The SMILES string of the molecule is CCCCCCCCCCCCCCc1ccccc1C(=O)N(C)C1CCCCC1. The van der Waals surface area contributed by atoms with E-state index in [2.05, 4.69) is 19.1 Å². The van der Waals surface area contributed by atoms with Crippen LogP contribution in [0, 0.1) is 0 Å². The Labute approximate surface area is 186 Å². The summed E-state index contributed by atoms with van der Waals surface area (Å²) in [6.07, 6.45) is 23.7. The van der Waals surface area contributed by atoms with Crippen molar-refractivity contribution >= 4 is 5.91 Å². The fourth-order valence-corrected chi connectivity index (χ4v) is 4.93. The van der Waals surface area contributed by atoms with E-state index in [1.807, 2.05) is 24.1 Å². The molecule has 2 rings (SSSR count). The topological polar surface area (TPSA) is 20.3 Å². The number of unbranched alkanes of at least 4 members (excludes halogenated alkanes) is 11. The molecule has 1 fully saturated rings. The molecule has 0 atom stereocenters. The molecule has 0 unspecified atom stereocenters. The Bertz CT molecular complexity index is 576. The second-order valence-electron chi connectivity index (χ2n) is 9.50. The van der Waals surface area contributed by atoms with Crippen LogP contribution < -0.4 is 0 Å². The van der Waals surface area contributed by atoms with Crippen LogP contribution >= 0.6 is 0 Å². The number of rotatable bonds is 15. The van der Waals surface area contributed by atoms with Gasteiger partial charge in [-0.1, -0.05) is 115 Å². The molecule has 0 saturated heterocycles. The molecule has 0 heterocycles. The van der Waals surface area contributed by atoms with Crippen molar-refractivity contribution in [2.45, 2.75) is 129 Å². The maximum Gasteiger partial charge on any atom is 0.254 e. The van der Waals surface area contributed by atoms with E-state index in [1.54, 1.807) is 0 Å². The Kier molecular flexibility index (Phi) is 12.9. The Balaban J connectivity index is 1.62. The minimum absolute atomic E-state index is 0.233. The van der Waals surface area contributed by atoms with Crippen LogP contribution in [0.1, 0.15) is 132 Å². The molecule has 1 amide bonds. The quantitative estimate of drug-likeness (QED) is 0.265. The number of benzene rings is 1. The van der Waals surface area contributed by atoms with Crippen LogP contribution in [0.3, 0.4) is 0 Å². The van der Waals surface area contributed by atoms with Gasteiger partial charge < -0.3 is 4.90 Å². The van der Waals surface area contributed by atoms with Crippen LogP contribution in [0.2, 0.25) is 0 Å².